The predicted octanol–water partition coefficient (Wildman–Crippen LogP) is 3.97. The summed E-state index contributed by atoms with van der Waals surface area (Å²) >= 11 is 0. The molecule has 2 unspecified atom stereocenters. The van der Waals surface area contributed by atoms with Crippen LogP contribution in [0.5, 0.6) is 0 Å². The lowest BCUT2D eigenvalue weighted by Gasteiger charge is -2.37. The van der Waals surface area contributed by atoms with E-state index in [0.29, 0.717) is 12.8 Å². The molecule has 0 aromatic heterocycles. The molecular weight excluding hydrogens is 402 g/mol. The molecule has 5 rings (SSSR count). The normalized spacial score (nSPS) is 24.7. The monoisotopic (exact) mass is 426 g/mol. The fourth-order valence-corrected chi connectivity index (χ4v) is 5.10. The highest BCUT2D eigenvalue weighted by molar-refractivity contribution is 5.95. The lowest BCUT2D eigenvalue weighted by Crippen LogP contribution is -2.51. The number of carbonyl (C=O) groups is 2. The van der Waals surface area contributed by atoms with E-state index in [1.165, 1.54) is 11.8 Å². The first-order chi connectivity index (χ1) is 14.9. The molecule has 3 fully saturated rings. The summed E-state index contributed by atoms with van der Waals surface area (Å²) in [6, 6.07) is 11.9. The van der Waals surface area contributed by atoms with Gasteiger partial charge < -0.3 is 14.5 Å². The maximum atomic E-state index is 14.3. The average molecular weight is 426 g/mol. The molecule has 1 spiro atoms. The Bertz CT molecular complexity index is 1030. The molecule has 5 nitrogen and oxygen atoms in total. The number of ether oxygens (including phenoxy) is 1. The van der Waals surface area contributed by atoms with Crippen molar-refractivity contribution in [1.82, 2.24) is 9.80 Å². The van der Waals surface area contributed by atoms with Crippen molar-refractivity contribution >= 4 is 11.8 Å². The van der Waals surface area contributed by atoms with Crippen molar-refractivity contribution in [1.29, 1.82) is 0 Å². The fourth-order valence-electron chi connectivity index (χ4n) is 5.10. The number of hydrogen-bond acceptors (Lipinski definition) is 3. The molecule has 162 valence electrons. The van der Waals surface area contributed by atoms with Crippen LogP contribution in [0.15, 0.2) is 42.5 Å². The molecule has 2 aromatic carbocycles. The molecule has 0 bridgehead atoms. The number of benzene rings is 2. The van der Waals surface area contributed by atoms with Crippen molar-refractivity contribution in [3.63, 3.8) is 0 Å². The summed E-state index contributed by atoms with van der Waals surface area (Å²) in [4.78, 5) is 29.5. The van der Waals surface area contributed by atoms with Crippen LogP contribution in [-0.4, -0.2) is 46.5 Å². The summed E-state index contributed by atoms with van der Waals surface area (Å²) in [5, 5.41) is 0. The zero-order valence-electron chi connectivity index (χ0n) is 17.3. The van der Waals surface area contributed by atoms with E-state index in [-0.39, 0.29) is 42.4 Å². The number of hydrogen-bond donors (Lipinski definition) is 0. The molecule has 0 aliphatic carbocycles. The summed E-state index contributed by atoms with van der Waals surface area (Å²) in [6.45, 7) is 1.97. The van der Waals surface area contributed by atoms with E-state index in [1.54, 1.807) is 0 Å². The minimum atomic E-state index is -0.939. The SMILES string of the molecule is Cc1cc(F)c(C(=O)N2CCC3(CC2)OC2CCC(c4ccccc4)N2C3=O)cc1F. The Morgan fingerprint density at radius 1 is 1.06 bits per heavy atom. The Labute approximate surface area is 179 Å². The van der Waals surface area contributed by atoms with E-state index in [9.17, 15) is 18.4 Å². The lowest BCUT2D eigenvalue weighted by atomic mass is 9.89. The topological polar surface area (TPSA) is 49.9 Å². The van der Waals surface area contributed by atoms with Crippen molar-refractivity contribution < 1.29 is 23.1 Å². The molecule has 3 aliphatic rings. The van der Waals surface area contributed by atoms with E-state index in [2.05, 4.69) is 0 Å². The third-order valence-corrected chi connectivity index (χ3v) is 6.84. The predicted molar refractivity (Wildman–Crippen MR) is 109 cm³/mol. The molecule has 2 aromatic rings. The Hall–Kier alpha value is -2.80. The molecule has 3 aliphatic heterocycles. The number of fused-ring (bicyclic) bond motifs is 1. The van der Waals surface area contributed by atoms with Gasteiger partial charge in [-0.3, -0.25) is 9.59 Å². The van der Waals surface area contributed by atoms with Gasteiger partial charge >= 0.3 is 0 Å². The van der Waals surface area contributed by atoms with E-state index in [1.807, 2.05) is 35.2 Å². The molecule has 31 heavy (non-hydrogen) atoms. The first-order valence-corrected chi connectivity index (χ1v) is 10.7. The lowest BCUT2D eigenvalue weighted by molar-refractivity contribution is -0.142. The van der Waals surface area contributed by atoms with Gasteiger partial charge in [-0.15, -0.1) is 0 Å². The van der Waals surface area contributed by atoms with Gasteiger partial charge in [0.25, 0.3) is 11.8 Å². The number of rotatable bonds is 2. The van der Waals surface area contributed by atoms with Crippen LogP contribution in [0.25, 0.3) is 0 Å². The zero-order chi connectivity index (χ0) is 21.8. The van der Waals surface area contributed by atoms with Gasteiger partial charge in [-0.2, -0.15) is 0 Å². The summed E-state index contributed by atoms with van der Waals surface area (Å²) in [7, 11) is 0. The third-order valence-electron chi connectivity index (χ3n) is 6.84. The Morgan fingerprint density at radius 2 is 1.77 bits per heavy atom. The van der Waals surface area contributed by atoms with Crippen LogP contribution in [0.1, 0.15) is 53.2 Å². The number of amides is 2. The van der Waals surface area contributed by atoms with E-state index < -0.39 is 23.1 Å². The highest BCUT2D eigenvalue weighted by Gasteiger charge is 2.58. The number of halogens is 2. The van der Waals surface area contributed by atoms with Crippen molar-refractivity contribution in [2.75, 3.05) is 13.1 Å². The van der Waals surface area contributed by atoms with Gasteiger partial charge in [-0.25, -0.2) is 8.78 Å². The van der Waals surface area contributed by atoms with Crippen molar-refractivity contribution in [2.24, 2.45) is 0 Å². The Kier molecular flexibility index (Phi) is 4.81. The van der Waals surface area contributed by atoms with Crippen molar-refractivity contribution in [2.45, 2.75) is 50.5 Å². The quantitative estimate of drug-likeness (QED) is 0.730. The largest absolute Gasteiger partial charge is 0.342 e. The standard InChI is InChI=1S/C24H24F2N2O3/c1-15-13-19(26)17(14-18(15)25)22(29)27-11-9-24(10-12-27)23(30)28-20(7-8-21(28)31-24)16-5-3-2-4-6-16/h2-6,13-14,20-21H,7-12H2,1H3. The van der Waals surface area contributed by atoms with E-state index >= 15 is 0 Å². The zero-order valence-corrected chi connectivity index (χ0v) is 17.3. The summed E-state index contributed by atoms with van der Waals surface area (Å²) in [5.41, 5.74) is 0.0440. The van der Waals surface area contributed by atoms with Crippen LogP contribution in [-0.2, 0) is 9.53 Å². The van der Waals surface area contributed by atoms with Gasteiger partial charge in [0, 0.05) is 25.9 Å². The van der Waals surface area contributed by atoms with E-state index in [0.717, 1.165) is 30.5 Å². The molecule has 0 radical (unpaired) electrons. The maximum absolute atomic E-state index is 14.3. The number of nitrogens with zero attached hydrogens (tertiary/aromatic N) is 2. The molecule has 7 heteroatoms. The van der Waals surface area contributed by atoms with Gasteiger partial charge in [0.15, 0.2) is 5.60 Å². The number of carbonyl (C=O) groups excluding carboxylic acids is 2. The molecular formula is C24H24F2N2O3. The molecule has 0 N–H and O–H groups in total. The second kappa shape index (κ2) is 7.41. The number of likely N-dealkylation sites (tertiary alicyclic amines) is 1. The molecule has 3 saturated heterocycles. The first kappa shape index (κ1) is 20.1. The molecule has 2 amide bonds. The van der Waals surface area contributed by atoms with Crippen molar-refractivity contribution in [3.8, 4) is 0 Å². The molecule has 2 atom stereocenters. The third kappa shape index (κ3) is 3.22. The molecule has 3 heterocycles. The van der Waals surface area contributed by atoms with Crippen LogP contribution in [0.3, 0.4) is 0 Å². The summed E-state index contributed by atoms with van der Waals surface area (Å²) in [5.74, 6) is -1.92. The van der Waals surface area contributed by atoms with Crippen LogP contribution in [0.4, 0.5) is 8.78 Å². The smallest absolute Gasteiger partial charge is 0.257 e. The summed E-state index contributed by atoms with van der Waals surface area (Å²) in [6.07, 6.45) is 2.09. The summed E-state index contributed by atoms with van der Waals surface area (Å²) < 4.78 is 34.4. The van der Waals surface area contributed by atoms with Crippen LogP contribution in [0, 0.1) is 18.6 Å². The minimum absolute atomic E-state index is 0.00219. The molecule has 0 saturated carbocycles. The second-order valence-electron chi connectivity index (χ2n) is 8.66. The Morgan fingerprint density at radius 3 is 2.48 bits per heavy atom. The van der Waals surface area contributed by atoms with Crippen LogP contribution < -0.4 is 0 Å². The van der Waals surface area contributed by atoms with E-state index in [4.69, 9.17) is 4.74 Å². The van der Waals surface area contributed by atoms with Crippen molar-refractivity contribution in [3.05, 3.63) is 70.8 Å². The minimum Gasteiger partial charge on any atom is -0.342 e. The highest BCUT2D eigenvalue weighted by atomic mass is 19.1. The average Bonchev–Trinajstić information content (AvgIpc) is 3.30. The second-order valence-corrected chi connectivity index (χ2v) is 8.66. The van der Waals surface area contributed by atoms with Crippen LogP contribution >= 0.6 is 0 Å². The van der Waals surface area contributed by atoms with Gasteiger partial charge in [0.1, 0.15) is 17.9 Å². The van der Waals surface area contributed by atoms with Gasteiger partial charge in [-0.1, -0.05) is 30.3 Å². The number of aryl methyl sites for hydroxylation is 1. The maximum Gasteiger partial charge on any atom is 0.257 e. The highest BCUT2D eigenvalue weighted by Crippen LogP contribution is 2.47. The Balaban J connectivity index is 1.31. The van der Waals surface area contributed by atoms with Gasteiger partial charge in [0.2, 0.25) is 0 Å². The first-order valence-electron chi connectivity index (χ1n) is 10.7. The van der Waals surface area contributed by atoms with Gasteiger partial charge in [-0.05, 0) is 43.0 Å². The van der Waals surface area contributed by atoms with Crippen LogP contribution in [0.2, 0.25) is 0 Å². The van der Waals surface area contributed by atoms with Gasteiger partial charge in [0.05, 0.1) is 11.6 Å². The number of piperidine rings is 1. The fraction of sp³-hybridized carbons (Fsp3) is 0.417.